The average molecular weight is 483 g/mol. The van der Waals surface area contributed by atoms with Gasteiger partial charge in [0.15, 0.2) is 0 Å². The summed E-state index contributed by atoms with van der Waals surface area (Å²) in [7, 11) is 4.38. The van der Waals surface area contributed by atoms with Gasteiger partial charge in [-0.1, -0.05) is 17.7 Å². The minimum atomic E-state index is 0.175. The zero-order valence-electron chi connectivity index (χ0n) is 20.5. The van der Waals surface area contributed by atoms with E-state index in [4.69, 9.17) is 21.3 Å². The summed E-state index contributed by atoms with van der Waals surface area (Å²) in [5, 5.41) is 0.738. The molecule has 3 aromatic heterocycles. The molecule has 0 amide bonds. The van der Waals surface area contributed by atoms with E-state index < -0.39 is 0 Å². The number of fused-ring (bicyclic) bond motifs is 1. The van der Waals surface area contributed by atoms with Crippen LogP contribution in [-0.2, 0) is 11.3 Å². The van der Waals surface area contributed by atoms with Crippen LogP contribution in [-0.4, -0.2) is 71.0 Å². The van der Waals surface area contributed by atoms with Gasteiger partial charge < -0.3 is 14.5 Å². The molecule has 5 heterocycles. The number of hydrogen-bond acceptors (Lipinski definition) is 6. The molecule has 3 aromatic rings. The first kappa shape index (κ1) is 23.5. The van der Waals surface area contributed by atoms with Crippen LogP contribution in [0.2, 0.25) is 5.02 Å². The van der Waals surface area contributed by atoms with Crippen LogP contribution in [0.3, 0.4) is 0 Å². The summed E-state index contributed by atoms with van der Waals surface area (Å²) in [4.78, 5) is 17.1. The fourth-order valence-corrected chi connectivity index (χ4v) is 5.72. The zero-order valence-corrected chi connectivity index (χ0v) is 21.2. The van der Waals surface area contributed by atoms with Gasteiger partial charge in [0, 0.05) is 39.0 Å². The molecule has 0 aromatic carbocycles. The van der Waals surface area contributed by atoms with E-state index in [9.17, 15) is 0 Å². The molecule has 2 unspecified atom stereocenters. The summed E-state index contributed by atoms with van der Waals surface area (Å²) < 4.78 is 8.34. The maximum atomic E-state index is 6.56. The highest BCUT2D eigenvalue weighted by Gasteiger charge is 2.35. The van der Waals surface area contributed by atoms with Gasteiger partial charge in [0.1, 0.15) is 11.5 Å². The van der Waals surface area contributed by atoms with Crippen LogP contribution in [0.4, 0.5) is 5.82 Å². The first-order chi connectivity index (χ1) is 16.6. The fraction of sp³-hybridized carbons (Fsp3) is 0.538. The molecule has 0 bridgehead atoms. The number of hydrogen-bond donors (Lipinski definition) is 0. The average Bonchev–Trinajstić information content (AvgIpc) is 3.22. The molecule has 0 radical (unpaired) electrons. The third-order valence-electron chi connectivity index (χ3n) is 7.38. The first-order valence-corrected chi connectivity index (χ1v) is 12.8. The molecule has 0 spiro atoms. The van der Waals surface area contributed by atoms with Gasteiger partial charge in [0.05, 0.1) is 40.8 Å². The first-order valence-electron chi connectivity index (χ1n) is 12.4. The van der Waals surface area contributed by atoms with Crippen molar-refractivity contribution in [3.8, 4) is 0 Å². The van der Waals surface area contributed by atoms with Crippen molar-refractivity contribution in [1.29, 1.82) is 0 Å². The number of ether oxygens (including phenoxy) is 1. The van der Waals surface area contributed by atoms with Gasteiger partial charge in [0.2, 0.25) is 0 Å². The van der Waals surface area contributed by atoms with E-state index >= 15 is 0 Å². The monoisotopic (exact) mass is 482 g/mol. The Morgan fingerprint density at radius 1 is 1.00 bits per heavy atom. The summed E-state index contributed by atoms with van der Waals surface area (Å²) in [6.07, 6.45) is 5.06. The molecule has 2 fully saturated rings. The fourth-order valence-electron chi connectivity index (χ4n) is 5.47. The van der Waals surface area contributed by atoms with E-state index in [-0.39, 0.29) is 12.1 Å². The molecule has 5 rings (SSSR count). The normalized spacial score (nSPS) is 22.5. The van der Waals surface area contributed by atoms with Crippen molar-refractivity contribution >= 4 is 23.1 Å². The summed E-state index contributed by atoms with van der Waals surface area (Å²) in [6, 6.07) is 10.7. The third kappa shape index (κ3) is 4.42. The minimum absolute atomic E-state index is 0.175. The van der Waals surface area contributed by atoms with Crippen molar-refractivity contribution < 1.29 is 4.74 Å². The molecular formula is C26H35ClN6O. The number of likely N-dealkylation sites (tertiary alicyclic amines) is 1. The largest absolute Gasteiger partial charge is 0.375 e. The number of anilines is 1. The standard InChI is InChI=1S/C26H35ClN6O/c1-4-34-18-22-26(21-10-5-9-20(31(21)3)25-19(27)8-7-13-28-25)29-23-11-6-12-24(33(22)23)32-16-14-30(2)15-17-32/h6-8,11-13,20-21H,4-5,9-10,14-18H2,1-3H3. The van der Waals surface area contributed by atoms with Crippen LogP contribution in [0, 0.1) is 0 Å². The quantitative estimate of drug-likeness (QED) is 0.513. The number of halogens is 1. The predicted molar refractivity (Wildman–Crippen MR) is 137 cm³/mol. The molecule has 34 heavy (non-hydrogen) atoms. The van der Waals surface area contributed by atoms with Crippen molar-refractivity contribution in [2.24, 2.45) is 0 Å². The highest BCUT2D eigenvalue weighted by atomic mass is 35.5. The highest BCUT2D eigenvalue weighted by Crippen LogP contribution is 2.42. The smallest absolute Gasteiger partial charge is 0.138 e. The van der Waals surface area contributed by atoms with Gasteiger partial charge in [-0.25, -0.2) is 4.98 Å². The van der Waals surface area contributed by atoms with Crippen molar-refractivity contribution in [3.63, 3.8) is 0 Å². The number of likely N-dealkylation sites (N-methyl/N-ethyl adjacent to an activating group) is 1. The van der Waals surface area contributed by atoms with E-state index in [1.54, 1.807) is 0 Å². The molecule has 2 saturated heterocycles. The molecule has 8 heteroatoms. The maximum Gasteiger partial charge on any atom is 0.138 e. The van der Waals surface area contributed by atoms with Gasteiger partial charge in [-0.2, -0.15) is 0 Å². The van der Waals surface area contributed by atoms with E-state index in [1.807, 2.05) is 18.3 Å². The van der Waals surface area contributed by atoms with Crippen LogP contribution < -0.4 is 4.90 Å². The van der Waals surface area contributed by atoms with E-state index in [0.717, 1.165) is 73.2 Å². The molecule has 2 aliphatic rings. The number of nitrogens with zero attached hydrogens (tertiary/aromatic N) is 6. The maximum absolute atomic E-state index is 6.56. The molecule has 2 atom stereocenters. The van der Waals surface area contributed by atoms with Gasteiger partial charge in [-0.3, -0.25) is 14.3 Å². The number of piperidine rings is 1. The van der Waals surface area contributed by atoms with Crippen LogP contribution in [0.25, 0.3) is 5.65 Å². The van der Waals surface area contributed by atoms with Crippen LogP contribution in [0.5, 0.6) is 0 Å². The van der Waals surface area contributed by atoms with Crippen LogP contribution in [0.15, 0.2) is 36.5 Å². The second kappa shape index (κ2) is 10.2. The van der Waals surface area contributed by atoms with E-state index in [0.29, 0.717) is 13.2 Å². The Kier molecular flexibility index (Phi) is 7.06. The summed E-state index contributed by atoms with van der Waals surface area (Å²) >= 11 is 6.56. The Morgan fingerprint density at radius 2 is 1.76 bits per heavy atom. The second-order valence-electron chi connectivity index (χ2n) is 9.45. The van der Waals surface area contributed by atoms with Crippen molar-refractivity contribution in [2.45, 2.75) is 44.9 Å². The Morgan fingerprint density at radius 3 is 2.50 bits per heavy atom. The molecule has 182 valence electrons. The lowest BCUT2D eigenvalue weighted by Gasteiger charge is -2.39. The van der Waals surface area contributed by atoms with Crippen molar-refractivity contribution in [2.75, 3.05) is 51.8 Å². The molecule has 0 saturated carbocycles. The third-order valence-corrected chi connectivity index (χ3v) is 7.70. The van der Waals surface area contributed by atoms with Gasteiger partial charge in [0.25, 0.3) is 0 Å². The predicted octanol–water partition coefficient (Wildman–Crippen LogP) is 4.57. The van der Waals surface area contributed by atoms with Crippen LogP contribution >= 0.6 is 11.6 Å². The number of piperazine rings is 1. The van der Waals surface area contributed by atoms with Crippen LogP contribution in [0.1, 0.15) is 55.4 Å². The molecule has 7 nitrogen and oxygen atoms in total. The highest BCUT2D eigenvalue weighted by molar-refractivity contribution is 6.31. The summed E-state index contributed by atoms with van der Waals surface area (Å²) in [6.45, 7) is 7.44. The lowest BCUT2D eigenvalue weighted by Crippen LogP contribution is -2.45. The molecule has 0 aliphatic carbocycles. The Labute approximate surface area is 207 Å². The molecule has 0 N–H and O–H groups in total. The van der Waals surface area contributed by atoms with E-state index in [2.05, 4.69) is 63.3 Å². The SMILES string of the molecule is CCOCc1c(C2CCCC(c3ncccc3Cl)N2C)nc2cccc(N3CCN(C)CC3)n12. The second-order valence-corrected chi connectivity index (χ2v) is 9.85. The number of aromatic nitrogens is 3. The molecule has 2 aliphatic heterocycles. The van der Waals surface area contributed by atoms with Crippen molar-refractivity contribution in [3.05, 3.63) is 58.6 Å². The van der Waals surface area contributed by atoms with E-state index in [1.165, 1.54) is 5.82 Å². The molecular weight excluding hydrogens is 448 g/mol. The lowest BCUT2D eigenvalue weighted by atomic mass is 9.91. The van der Waals surface area contributed by atoms with Gasteiger partial charge in [-0.05, 0) is 64.5 Å². The topological polar surface area (TPSA) is 49.1 Å². The van der Waals surface area contributed by atoms with Crippen molar-refractivity contribution in [1.82, 2.24) is 24.2 Å². The number of rotatable bonds is 6. The summed E-state index contributed by atoms with van der Waals surface area (Å²) in [5.41, 5.74) is 4.24. The summed E-state index contributed by atoms with van der Waals surface area (Å²) in [5.74, 6) is 1.21. The number of imidazole rings is 1. The van der Waals surface area contributed by atoms with Gasteiger partial charge >= 0.3 is 0 Å². The zero-order chi connectivity index (χ0) is 23.7. The minimum Gasteiger partial charge on any atom is -0.375 e. The number of pyridine rings is 2. The van der Waals surface area contributed by atoms with Gasteiger partial charge in [-0.15, -0.1) is 0 Å². The Balaban J connectivity index is 1.56. The Bertz CT molecular complexity index is 1130. The lowest BCUT2D eigenvalue weighted by molar-refractivity contribution is 0.102. The Hall–Kier alpha value is -2.19.